The maximum absolute atomic E-state index is 12.3. The third kappa shape index (κ3) is 2.78. The molecule has 0 radical (unpaired) electrons. The molecular formula is C10H8BrF2N. The van der Waals surface area contributed by atoms with Crippen molar-refractivity contribution in [3.05, 3.63) is 33.8 Å². The monoisotopic (exact) mass is 259 g/mol. The third-order valence-corrected chi connectivity index (χ3v) is 2.57. The maximum atomic E-state index is 12.3. The molecule has 0 unspecified atom stereocenters. The van der Waals surface area contributed by atoms with Crippen LogP contribution in [-0.2, 0) is 6.42 Å². The van der Waals surface area contributed by atoms with Crippen molar-refractivity contribution >= 4 is 15.9 Å². The molecule has 0 aliphatic rings. The predicted molar refractivity (Wildman–Crippen MR) is 53.0 cm³/mol. The molecule has 0 aromatic heterocycles. The van der Waals surface area contributed by atoms with E-state index in [0.29, 0.717) is 17.3 Å². The number of nitrogens with zero attached hydrogens (tertiary/aromatic N) is 1. The molecule has 0 heterocycles. The number of alkyl halides is 2. The topological polar surface area (TPSA) is 23.8 Å². The molecule has 4 heteroatoms. The first-order chi connectivity index (χ1) is 6.65. The van der Waals surface area contributed by atoms with Crippen LogP contribution in [0, 0.1) is 11.3 Å². The number of halogens is 3. The highest BCUT2D eigenvalue weighted by Crippen LogP contribution is 2.25. The number of hydrogen-bond donors (Lipinski definition) is 0. The van der Waals surface area contributed by atoms with Crippen molar-refractivity contribution in [3.63, 3.8) is 0 Å². The van der Waals surface area contributed by atoms with Gasteiger partial charge in [-0.2, -0.15) is 5.26 Å². The molecule has 1 aromatic carbocycles. The Balaban J connectivity index is 2.85. The normalized spacial score (nSPS) is 10.2. The third-order valence-electron chi connectivity index (χ3n) is 1.84. The quantitative estimate of drug-likeness (QED) is 0.809. The van der Waals surface area contributed by atoms with E-state index in [-0.39, 0.29) is 5.56 Å². The zero-order chi connectivity index (χ0) is 10.6. The number of hydrogen-bond acceptors (Lipinski definition) is 1. The van der Waals surface area contributed by atoms with Gasteiger partial charge in [0.05, 0.1) is 6.07 Å². The van der Waals surface area contributed by atoms with Crippen molar-refractivity contribution in [2.45, 2.75) is 19.3 Å². The van der Waals surface area contributed by atoms with Crippen molar-refractivity contribution < 1.29 is 8.78 Å². The fraction of sp³-hybridized carbons (Fsp3) is 0.300. The minimum Gasteiger partial charge on any atom is -0.205 e. The van der Waals surface area contributed by atoms with Crippen LogP contribution in [0.1, 0.15) is 24.0 Å². The van der Waals surface area contributed by atoms with Crippen LogP contribution in [0.2, 0.25) is 0 Å². The van der Waals surface area contributed by atoms with Crippen molar-refractivity contribution in [1.29, 1.82) is 5.26 Å². The molecule has 1 nitrogen and oxygen atoms in total. The molecule has 0 amide bonds. The standard InChI is InChI=1S/C10H8BrF2N/c11-9-6-8(10(12)13)4-3-7(9)2-1-5-14/h3-4,6,10H,1-2H2. The molecule has 0 spiro atoms. The van der Waals surface area contributed by atoms with Gasteiger partial charge >= 0.3 is 0 Å². The minimum absolute atomic E-state index is 0.00224. The molecule has 0 bridgehead atoms. The van der Waals surface area contributed by atoms with Crippen molar-refractivity contribution in [2.24, 2.45) is 0 Å². The van der Waals surface area contributed by atoms with Gasteiger partial charge in [0.25, 0.3) is 6.43 Å². The summed E-state index contributed by atoms with van der Waals surface area (Å²) in [6.45, 7) is 0. The number of aryl methyl sites for hydroxylation is 1. The highest BCUT2D eigenvalue weighted by Gasteiger charge is 2.08. The van der Waals surface area contributed by atoms with E-state index >= 15 is 0 Å². The summed E-state index contributed by atoms with van der Waals surface area (Å²) in [5.74, 6) is 0. The molecule has 1 rings (SSSR count). The second-order valence-corrected chi connectivity index (χ2v) is 3.66. The average Bonchev–Trinajstić information content (AvgIpc) is 2.15. The molecule has 0 saturated heterocycles. The Hall–Kier alpha value is -0.950. The van der Waals surface area contributed by atoms with Crippen LogP contribution in [0.15, 0.2) is 22.7 Å². The SMILES string of the molecule is N#CCCc1ccc(C(F)F)cc1Br. The summed E-state index contributed by atoms with van der Waals surface area (Å²) < 4.78 is 25.2. The summed E-state index contributed by atoms with van der Waals surface area (Å²) in [6.07, 6.45) is -1.47. The van der Waals surface area contributed by atoms with Gasteiger partial charge < -0.3 is 0 Å². The summed E-state index contributed by atoms with van der Waals surface area (Å²) in [6, 6.07) is 6.43. The molecule has 14 heavy (non-hydrogen) atoms. The van der Waals surface area contributed by atoms with E-state index in [1.165, 1.54) is 12.1 Å². The predicted octanol–water partition coefficient (Wildman–Crippen LogP) is 3.84. The van der Waals surface area contributed by atoms with Crippen LogP contribution < -0.4 is 0 Å². The largest absolute Gasteiger partial charge is 0.263 e. The molecule has 0 N–H and O–H groups in total. The van der Waals surface area contributed by atoms with Crippen molar-refractivity contribution in [2.75, 3.05) is 0 Å². The Kier molecular flexibility index (Phi) is 4.02. The molecule has 0 saturated carbocycles. The van der Waals surface area contributed by atoms with E-state index in [2.05, 4.69) is 15.9 Å². The van der Waals surface area contributed by atoms with E-state index in [1.807, 2.05) is 6.07 Å². The van der Waals surface area contributed by atoms with Gasteiger partial charge in [0.15, 0.2) is 0 Å². The van der Waals surface area contributed by atoms with Gasteiger partial charge in [-0.1, -0.05) is 28.1 Å². The van der Waals surface area contributed by atoms with Gasteiger partial charge in [-0.25, -0.2) is 8.78 Å². The van der Waals surface area contributed by atoms with Crippen LogP contribution in [-0.4, -0.2) is 0 Å². The minimum atomic E-state index is -2.45. The summed E-state index contributed by atoms with van der Waals surface area (Å²) in [5, 5.41) is 8.38. The lowest BCUT2D eigenvalue weighted by Crippen LogP contribution is -1.89. The lowest BCUT2D eigenvalue weighted by molar-refractivity contribution is 0.151. The zero-order valence-corrected chi connectivity index (χ0v) is 8.89. The lowest BCUT2D eigenvalue weighted by atomic mass is 10.1. The number of rotatable bonds is 3. The Bertz CT molecular complexity index is 358. The van der Waals surface area contributed by atoms with E-state index in [4.69, 9.17) is 5.26 Å². The summed E-state index contributed by atoms with van der Waals surface area (Å²) >= 11 is 3.20. The lowest BCUT2D eigenvalue weighted by Gasteiger charge is -2.04. The second kappa shape index (κ2) is 5.06. The van der Waals surface area contributed by atoms with Gasteiger partial charge in [0, 0.05) is 16.5 Å². The Morgan fingerprint density at radius 1 is 1.43 bits per heavy atom. The number of benzene rings is 1. The molecular weight excluding hydrogens is 252 g/mol. The fourth-order valence-corrected chi connectivity index (χ4v) is 1.69. The highest BCUT2D eigenvalue weighted by molar-refractivity contribution is 9.10. The van der Waals surface area contributed by atoms with Crippen molar-refractivity contribution in [1.82, 2.24) is 0 Å². The Labute approximate surface area is 89.5 Å². The summed E-state index contributed by atoms with van der Waals surface area (Å²) in [5.41, 5.74) is 0.883. The van der Waals surface area contributed by atoms with Gasteiger partial charge in [0.2, 0.25) is 0 Å². The van der Waals surface area contributed by atoms with Crippen molar-refractivity contribution in [3.8, 4) is 6.07 Å². The Morgan fingerprint density at radius 3 is 2.64 bits per heavy atom. The van der Waals surface area contributed by atoms with Gasteiger partial charge in [-0.3, -0.25) is 0 Å². The van der Waals surface area contributed by atoms with E-state index in [0.717, 1.165) is 5.56 Å². The van der Waals surface area contributed by atoms with Gasteiger partial charge in [-0.05, 0) is 18.1 Å². The van der Waals surface area contributed by atoms with Gasteiger partial charge in [0.1, 0.15) is 0 Å². The zero-order valence-electron chi connectivity index (χ0n) is 7.30. The molecule has 0 aliphatic carbocycles. The first-order valence-electron chi connectivity index (χ1n) is 4.08. The summed E-state index contributed by atoms with van der Waals surface area (Å²) in [4.78, 5) is 0. The highest BCUT2D eigenvalue weighted by atomic mass is 79.9. The van der Waals surface area contributed by atoms with E-state index in [9.17, 15) is 8.78 Å². The van der Waals surface area contributed by atoms with Gasteiger partial charge in [-0.15, -0.1) is 0 Å². The average molecular weight is 260 g/mol. The van der Waals surface area contributed by atoms with Crippen LogP contribution in [0.3, 0.4) is 0 Å². The maximum Gasteiger partial charge on any atom is 0.263 e. The first kappa shape index (κ1) is 11.1. The molecule has 1 aromatic rings. The van der Waals surface area contributed by atoms with Crippen LogP contribution in [0.4, 0.5) is 8.78 Å². The van der Waals surface area contributed by atoms with Crippen LogP contribution in [0.5, 0.6) is 0 Å². The van der Waals surface area contributed by atoms with E-state index in [1.54, 1.807) is 6.07 Å². The van der Waals surface area contributed by atoms with Crippen LogP contribution >= 0.6 is 15.9 Å². The molecule has 0 fully saturated rings. The summed E-state index contributed by atoms with van der Waals surface area (Å²) in [7, 11) is 0. The van der Waals surface area contributed by atoms with E-state index < -0.39 is 6.43 Å². The smallest absolute Gasteiger partial charge is 0.205 e. The Morgan fingerprint density at radius 2 is 2.14 bits per heavy atom. The van der Waals surface area contributed by atoms with Crippen LogP contribution in [0.25, 0.3) is 0 Å². The molecule has 74 valence electrons. The fourth-order valence-electron chi connectivity index (χ4n) is 1.09. The molecule has 0 aliphatic heterocycles. The second-order valence-electron chi connectivity index (χ2n) is 2.81. The molecule has 0 atom stereocenters. The number of nitriles is 1. The first-order valence-corrected chi connectivity index (χ1v) is 4.88.